The van der Waals surface area contributed by atoms with Crippen LogP contribution < -0.4 is 9.47 Å². The molecule has 0 aliphatic carbocycles. The van der Waals surface area contributed by atoms with E-state index in [1.807, 2.05) is 30.3 Å². The standard InChI is InChI=1S/C18H13Br2N3O2/c1-24-16-10(8-12(19)17(25-2)15(16)20)7-11(9-21)18-22-13-5-3-4-6-14(13)23-18/h3-8H,1-2H3,(H,22,23). The van der Waals surface area contributed by atoms with E-state index >= 15 is 0 Å². The van der Waals surface area contributed by atoms with E-state index in [-0.39, 0.29) is 0 Å². The number of fused-ring (bicyclic) bond motifs is 1. The average molecular weight is 463 g/mol. The lowest BCUT2D eigenvalue weighted by Gasteiger charge is -2.13. The third kappa shape index (κ3) is 3.28. The van der Waals surface area contributed by atoms with Crippen molar-refractivity contribution in [2.45, 2.75) is 0 Å². The monoisotopic (exact) mass is 461 g/mol. The summed E-state index contributed by atoms with van der Waals surface area (Å²) in [6.45, 7) is 0. The normalized spacial score (nSPS) is 11.4. The molecule has 7 heteroatoms. The summed E-state index contributed by atoms with van der Waals surface area (Å²) < 4.78 is 12.2. The Bertz CT molecular complexity index is 986. The summed E-state index contributed by atoms with van der Waals surface area (Å²) in [4.78, 5) is 7.64. The highest BCUT2D eigenvalue weighted by molar-refractivity contribution is 9.11. The number of imidazole rings is 1. The number of aromatic nitrogens is 2. The molecule has 0 aliphatic heterocycles. The van der Waals surface area contributed by atoms with Crippen molar-refractivity contribution in [3.8, 4) is 17.6 Å². The molecule has 0 amide bonds. The molecule has 1 heterocycles. The molecule has 0 radical (unpaired) electrons. The molecule has 0 fully saturated rings. The third-order valence-corrected chi connectivity index (χ3v) is 4.94. The number of halogens is 2. The van der Waals surface area contributed by atoms with Gasteiger partial charge in [0.15, 0.2) is 5.75 Å². The Morgan fingerprint density at radius 2 is 1.92 bits per heavy atom. The fraction of sp³-hybridized carbons (Fsp3) is 0.111. The van der Waals surface area contributed by atoms with Crippen molar-refractivity contribution in [1.29, 1.82) is 5.26 Å². The molecule has 0 saturated heterocycles. The van der Waals surface area contributed by atoms with Crippen molar-refractivity contribution in [2.75, 3.05) is 14.2 Å². The number of ether oxygens (including phenoxy) is 2. The van der Waals surface area contributed by atoms with Crippen LogP contribution in [0.1, 0.15) is 11.4 Å². The maximum Gasteiger partial charge on any atom is 0.151 e. The van der Waals surface area contributed by atoms with Crippen molar-refractivity contribution in [3.63, 3.8) is 0 Å². The molecule has 0 spiro atoms. The molecule has 2 aromatic carbocycles. The summed E-state index contributed by atoms with van der Waals surface area (Å²) in [7, 11) is 3.15. The molecule has 0 atom stereocenters. The van der Waals surface area contributed by atoms with Crippen LogP contribution in [-0.4, -0.2) is 24.2 Å². The molecular formula is C18H13Br2N3O2. The number of allylic oxidation sites excluding steroid dienone is 1. The van der Waals surface area contributed by atoms with E-state index in [1.165, 1.54) is 0 Å². The fourth-order valence-corrected chi connectivity index (χ4v) is 4.13. The van der Waals surface area contributed by atoms with Crippen LogP contribution in [0.4, 0.5) is 0 Å². The minimum absolute atomic E-state index is 0.401. The van der Waals surface area contributed by atoms with E-state index in [4.69, 9.17) is 9.47 Å². The predicted octanol–water partition coefficient (Wildman–Crippen LogP) is 5.17. The van der Waals surface area contributed by atoms with Gasteiger partial charge < -0.3 is 14.5 Å². The first-order valence-electron chi connectivity index (χ1n) is 7.26. The van der Waals surface area contributed by atoms with Crippen LogP contribution in [0.3, 0.4) is 0 Å². The van der Waals surface area contributed by atoms with Gasteiger partial charge in [-0.2, -0.15) is 5.26 Å². The van der Waals surface area contributed by atoms with Gasteiger partial charge in [-0.05, 0) is 56.1 Å². The Morgan fingerprint density at radius 1 is 1.20 bits per heavy atom. The molecule has 0 saturated carbocycles. The minimum atomic E-state index is 0.401. The topological polar surface area (TPSA) is 70.9 Å². The lowest BCUT2D eigenvalue weighted by molar-refractivity contribution is 0.387. The van der Waals surface area contributed by atoms with Gasteiger partial charge in [0, 0.05) is 5.56 Å². The van der Waals surface area contributed by atoms with Crippen molar-refractivity contribution >= 4 is 54.5 Å². The number of rotatable bonds is 4. The Balaban J connectivity index is 2.16. The smallest absolute Gasteiger partial charge is 0.151 e. The van der Waals surface area contributed by atoms with Crippen LogP contribution in [0.25, 0.3) is 22.7 Å². The second-order valence-electron chi connectivity index (χ2n) is 5.10. The Kier molecular flexibility index (Phi) is 5.11. The molecule has 1 N–H and O–H groups in total. The number of nitriles is 1. The van der Waals surface area contributed by atoms with Crippen LogP contribution in [0, 0.1) is 11.3 Å². The maximum atomic E-state index is 9.60. The van der Waals surface area contributed by atoms with Gasteiger partial charge in [-0.3, -0.25) is 0 Å². The van der Waals surface area contributed by atoms with Gasteiger partial charge in [-0.1, -0.05) is 12.1 Å². The number of H-pyrrole nitrogens is 1. The Hall–Kier alpha value is -2.30. The highest BCUT2D eigenvalue weighted by atomic mass is 79.9. The van der Waals surface area contributed by atoms with Gasteiger partial charge in [-0.25, -0.2) is 4.98 Å². The predicted molar refractivity (Wildman–Crippen MR) is 105 cm³/mol. The number of nitrogens with one attached hydrogen (secondary N) is 1. The zero-order valence-electron chi connectivity index (χ0n) is 13.4. The highest BCUT2D eigenvalue weighted by Gasteiger charge is 2.17. The lowest BCUT2D eigenvalue weighted by atomic mass is 10.1. The number of nitrogens with zero attached hydrogens (tertiary/aromatic N) is 2. The molecule has 0 bridgehead atoms. The van der Waals surface area contributed by atoms with Crippen LogP contribution in [0.5, 0.6) is 11.5 Å². The first-order valence-corrected chi connectivity index (χ1v) is 8.84. The molecule has 0 unspecified atom stereocenters. The summed E-state index contributed by atoms with van der Waals surface area (Å²) in [6, 6.07) is 11.7. The van der Waals surface area contributed by atoms with E-state index in [2.05, 4.69) is 47.9 Å². The molecule has 126 valence electrons. The molecule has 5 nitrogen and oxygen atoms in total. The summed E-state index contributed by atoms with van der Waals surface area (Å²) in [5.41, 5.74) is 2.81. The quantitative estimate of drug-likeness (QED) is 0.543. The zero-order chi connectivity index (χ0) is 18.0. The van der Waals surface area contributed by atoms with Gasteiger partial charge >= 0.3 is 0 Å². The van der Waals surface area contributed by atoms with Crippen molar-refractivity contribution in [1.82, 2.24) is 9.97 Å². The van der Waals surface area contributed by atoms with E-state index in [1.54, 1.807) is 20.3 Å². The zero-order valence-corrected chi connectivity index (χ0v) is 16.6. The van der Waals surface area contributed by atoms with Gasteiger partial charge in [-0.15, -0.1) is 0 Å². The second kappa shape index (κ2) is 7.30. The van der Waals surface area contributed by atoms with Crippen molar-refractivity contribution in [3.05, 3.63) is 50.7 Å². The maximum absolute atomic E-state index is 9.60. The number of hydrogen-bond acceptors (Lipinski definition) is 4. The molecule has 3 rings (SSSR count). The van der Waals surface area contributed by atoms with E-state index in [0.29, 0.717) is 27.4 Å². The summed E-state index contributed by atoms with van der Waals surface area (Å²) in [5.74, 6) is 1.70. The number of aromatic amines is 1. The third-order valence-electron chi connectivity index (χ3n) is 3.63. The second-order valence-corrected chi connectivity index (χ2v) is 6.75. The lowest BCUT2D eigenvalue weighted by Crippen LogP contribution is -1.95. The van der Waals surface area contributed by atoms with Crippen LogP contribution in [-0.2, 0) is 0 Å². The van der Waals surface area contributed by atoms with Crippen LogP contribution in [0.15, 0.2) is 39.3 Å². The summed E-state index contributed by atoms with van der Waals surface area (Å²) >= 11 is 6.96. The summed E-state index contributed by atoms with van der Waals surface area (Å²) in [6.07, 6.45) is 1.73. The van der Waals surface area contributed by atoms with E-state index in [0.717, 1.165) is 21.1 Å². The van der Waals surface area contributed by atoms with Crippen LogP contribution >= 0.6 is 31.9 Å². The molecule has 3 aromatic rings. The number of methoxy groups -OCH3 is 2. The van der Waals surface area contributed by atoms with Gasteiger partial charge in [0.1, 0.15) is 22.1 Å². The fourth-order valence-electron chi connectivity index (χ4n) is 2.49. The first-order chi connectivity index (χ1) is 12.1. The Labute approximate surface area is 161 Å². The van der Waals surface area contributed by atoms with E-state index < -0.39 is 0 Å². The molecule has 25 heavy (non-hydrogen) atoms. The Morgan fingerprint density at radius 3 is 2.56 bits per heavy atom. The number of benzene rings is 2. The largest absolute Gasteiger partial charge is 0.495 e. The minimum Gasteiger partial charge on any atom is -0.495 e. The van der Waals surface area contributed by atoms with Crippen molar-refractivity contribution < 1.29 is 9.47 Å². The number of para-hydroxylation sites is 2. The first kappa shape index (κ1) is 17.5. The molecule has 0 aliphatic rings. The summed E-state index contributed by atoms with van der Waals surface area (Å²) in [5, 5.41) is 9.60. The van der Waals surface area contributed by atoms with Crippen LogP contribution in [0.2, 0.25) is 0 Å². The average Bonchev–Trinajstić information content (AvgIpc) is 3.03. The molecule has 1 aromatic heterocycles. The molecular weight excluding hydrogens is 450 g/mol. The highest BCUT2D eigenvalue weighted by Crippen LogP contribution is 2.43. The van der Waals surface area contributed by atoms with Gasteiger partial charge in [0.2, 0.25) is 0 Å². The SMILES string of the molecule is COc1c(Br)cc(C=C(C#N)c2nc3ccccc3[nH]2)c(OC)c1Br. The van der Waals surface area contributed by atoms with Gasteiger partial charge in [0.25, 0.3) is 0 Å². The van der Waals surface area contributed by atoms with E-state index in [9.17, 15) is 5.26 Å². The van der Waals surface area contributed by atoms with Gasteiger partial charge in [0.05, 0.1) is 35.3 Å². The number of hydrogen-bond donors (Lipinski definition) is 1. The van der Waals surface area contributed by atoms with Crippen molar-refractivity contribution in [2.24, 2.45) is 0 Å².